The Morgan fingerprint density at radius 2 is 1.67 bits per heavy atom. The van der Waals surface area contributed by atoms with Crippen LogP contribution in [-0.4, -0.2) is 45.2 Å². The van der Waals surface area contributed by atoms with Crippen molar-refractivity contribution in [2.45, 2.75) is 20.8 Å². The molecule has 8 heteroatoms. The van der Waals surface area contributed by atoms with E-state index in [1.54, 1.807) is 6.92 Å². The van der Waals surface area contributed by atoms with Crippen molar-refractivity contribution in [1.82, 2.24) is 0 Å². The largest absolute Gasteiger partial charge is 0.461 e. The van der Waals surface area contributed by atoms with Crippen molar-refractivity contribution in [1.29, 1.82) is 0 Å². The molecule has 0 heterocycles. The maximum atomic E-state index is 11.5. The van der Waals surface area contributed by atoms with E-state index in [2.05, 4.69) is 9.99 Å². The number of oxime groups is 1. The van der Waals surface area contributed by atoms with Gasteiger partial charge in [-0.3, -0.25) is 0 Å². The maximum Gasteiger partial charge on any atom is 0.358 e. The van der Waals surface area contributed by atoms with Crippen LogP contribution in [0.3, 0.4) is 0 Å². The van der Waals surface area contributed by atoms with Gasteiger partial charge in [-0.25, -0.2) is 4.79 Å². The van der Waals surface area contributed by atoms with Crippen molar-refractivity contribution in [3.63, 3.8) is 0 Å². The van der Waals surface area contributed by atoms with Gasteiger partial charge in [-0.1, -0.05) is 5.16 Å². The minimum absolute atomic E-state index is 0.0336. The number of ether oxygens (including phenoxy) is 1. The summed E-state index contributed by atoms with van der Waals surface area (Å²) in [5, 5.41) is 3.55. The predicted octanol–water partition coefficient (Wildman–Crippen LogP) is 1.87. The fourth-order valence-electron chi connectivity index (χ4n) is 0.884. The lowest BCUT2D eigenvalue weighted by Crippen LogP contribution is -2.22. The van der Waals surface area contributed by atoms with Gasteiger partial charge in [-0.2, -0.15) is 0 Å². The van der Waals surface area contributed by atoms with Crippen LogP contribution in [0.4, 0.5) is 0 Å². The molecule has 0 N–H and O–H groups in total. The van der Waals surface area contributed by atoms with Crippen molar-refractivity contribution < 1.29 is 27.9 Å². The Hall–Kier alpha value is -0.750. The van der Waals surface area contributed by atoms with Crippen LogP contribution in [-0.2, 0) is 27.9 Å². The fraction of sp³-hybridized carbons (Fsp3) is 0.800. The standard InChI is InChI=1S/C10H20NO6P/c1-5-14-10(12)9(11-13-4)8-17-18(15-6-2)16-7-3/h5-8H2,1-4H3. The van der Waals surface area contributed by atoms with Crippen LogP contribution in [0.1, 0.15) is 20.8 Å². The molecule has 0 aromatic heterocycles. The summed E-state index contributed by atoms with van der Waals surface area (Å²) < 4.78 is 20.6. The molecular formula is C10H20NO6P. The van der Waals surface area contributed by atoms with Gasteiger partial charge in [0.25, 0.3) is 0 Å². The molecule has 0 amide bonds. The smallest absolute Gasteiger partial charge is 0.358 e. The lowest BCUT2D eigenvalue weighted by atomic mass is 10.4. The van der Waals surface area contributed by atoms with Crippen LogP contribution < -0.4 is 0 Å². The van der Waals surface area contributed by atoms with Crippen molar-refractivity contribution in [3.8, 4) is 0 Å². The highest BCUT2D eigenvalue weighted by atomic mass is 31.2. The quantitative estimate of drug-likeness (QED) is 0.263. The maximum absolute atomic E-state index is 11.5. The summed E-state index contributed by atoms with van der Waals surface area (Å²) in [6, 6.07) is 0. The molecule has 0 radical (unpaired) electrons. The monoisotopic (exact) mass is 281 g/mol. The van der Waals surface area contributed by atoms with Crippen LogP contribution in [0.2, 0.25) is 0 Å². The lowest BCUT2D eigenvalue weighted by molar-refractivity contribution is -0.135. The third-order valence-electron chi connectivity index (χ3n) is 1.49. The van der Waals surface area contributed by atoms with Gasteiger partial charge in [0.15, 0.2) is 5.71 Å². The summed E-state index contributed by atoms with van der Waals surface area (Å²) in [4.78, 5) is 16.0. The number of rotatable bonds is 10. The Balaban J connectivity index is 4.31. The van der Waals surface area contributed by atoms with E-state index in [0.29, 0.717) is 13.2 Å². The molecule has 18 heavy (non-hydrogen) atoms. The third kappa shape index (κ3) is 7.55. The second-order valence-corrected chi connectivity index (χ2v) is 4.00. The van der Waals surface area contributed by atoms with Crippen LogP contribution in [0, 0.1) is 0 Å². The molecule has 0 aromatic carbocycles. The van der Waals surface area contributed by atoms with E-state index >= 15 is 0 Å². The topological polar surface area (TPSA) is 75.6 Å². The van der Waals surface area contributed by atoms with Crippen molar-refractivity contribution >= 4 is 20.3 Å². The van der Waals surface area contributed by atoms with Gasteiger partial charge >= 0.3 is 14.6 Å². The zero-order chi connectivity index (χ0) is 13.8. The SMILES string of the molecule is CCOC(=O)C(COP(OCC)OCC)=NOC. The molecule has 0 aliphatic rings. The summed E-state index contributed by atoms with van der Waals surface area (Å²) >= 11 is 0. The molecule has 7 nitrogen and oxygen atoms in total. The molecule has 0 bridgehead atoms. The minimum Gasteiger partial charge on any atom is -0.461 e. The first-order valence-electron chi connectivity index (χ1n) is 5.65. The summed E-state index contributed by atoms with van der Waals surface area (Å²) in [6.07, 6.45) is 0. The van der Waals surface area contributed by atoms with Gasteiger partial charge in [0.2, 0.25) is 0 Å². The van der Waals surface area contributed by atoms with Crippen LogP contribution in [0.5, 0.6) is 0 Å². The number of esters is 1. The van der Waals surface area contributed by atoms with E-state index in [4.69, 9.17) is 18.3 Å². The van der Waals surface area contributed by atoms with E-state index in [0.717, 1.165) is 0 Å². The van der Waals surface area contributed by atoms with E-state index in [9.17, 15) is 4.79 Å². The molecule has 0 spiro atoms. The number of nitrogens with zero attached hydrogens (tertiary/aromatic N) is 1. The first kappa shape index (κ1) is 17.2. The van der Waals surface area contributed by atoms with Crippen LogP contribution in [0.25, 0.3) is 0 Å². The van der Waals surface area contributed by atoms with Crippen LogP contribution >= 0.6 is 8.60 Å². The first-order chi connectivity index (χ1) is 8.69. The average molecular weight is 281 g/mol. The normalized spacial score (nSPS) is 11.7. The third-order valence-corrected chi connectivity index (χ3v) is 2.77. The van der Waals surface area contributed by atoms with Crippen molar-refractivity contribution in [2.75, 3.05) is 33.5 Å². The molecule has 0 atom stereocenters. The van der Waals surface area contributed by atoms with Crippen LogP contribution in [0.15, 0.2) is 5.16 Å². The Morgan fingerprint density at radius 3 is 2.11 bits per heavy atom. The Kier molecular flexibility index (Phi) is 10.9. The molecule has 0 saturated carbocycles. The van der Waals surface area contributed by atoms with Gasteiger partial charge in [-0.15, -0.1) is 0 Å². The highest BCUT2D eigenvalue weighted by molar-refractivity contribution is 7.41. The second kappa shape index (κ2) is 11.3. The molecule has 0 unspecified atom stereocenters. The van der Waals surface area contributed by atoms with Gasteiger partial charge < -0.3 is 23.1 Å². The number of hydrogen-bond acceptors (Lipinski definition) is 7. The van der Waals surface area contributed by atoms with Gasteiger partial charge in [0.1, 0.15) is 13.7 Å². The second-order valence-electron chi connectivity index (χ2n) is 2.77. The van der Waals surface area contributed by atoms with Gasteiger partial charge in [-0.05, 0) is 20.8 Å². The fourth-order valence-corrected chi connectivity index (χ4v) is 1.76. The Labute approximate surface area is 108 Å². The summed E-state index contributed by atoms with van der Waals surface area (Å²) in [7, 11) is -0.142. The van der Waals surface area contributed by atoms with E-state index in [-0.39, 0.29) is 18.9 Å². The molecule has 0 aliphatic carbocycles. The first-order valence-corrected chi connectivity index (χ1v) is 6.75. The molecular weight excluding hydrogens is 261 g/mol. The average Bonchev–Trinajstić information content (AvgIpc) is 2.35. The molecule has 0 aliphatic heterocycles. The molecule has 0 fully saturated rings. The molecule has 0 saturated heterocycles. The van der Waals surface area contributed by atoms with E-state index < -0.39 is 14.6 Å². The zero-order valence-electron chi connectivity index (χ0n) is 11.2. The highest BCUT2D eigenvalue weighted by Crippen LogP contribution is 2.39. The molecule has 0 aromatic rings. The number of hydrogen-bond donors (Lipinski definition) is 0. The zero-order valence-corrected chi connectivity index (χ0v) is 12.1. The summed E-state index contributed by atoms with van der Waals surface area (Å²) in [6.45, 7) is 6.45. The summed E-state index contributed by atoms with van der Waals surface area (Å²) in [5.74, 6) is -0.581. The molecule has 106 valence electrons. The minimum atomic E-state index is -1.48. The van der Waals surface area contributed by atoms with Gasteiger partial charge in [0.05, 0.1) is 19.8 Å². The van der Waals surface area contributed by atoms with E-state index in [1.807, 2.05) is 13.8 Å². The van der Waals surface area contributed by atoms with Crippen molar-refractivity contribution in [2.24, 2.45) is 5.16 Å². The lowest BCUT2D eigenvalue weighted by Gasteiger charge is -2.14. The van der Waals surface area contributed by atoms with E-state index in [1.165, 1.54) is 7.11 Å². The number of carbonyl (C=O) groups excluding carboxylic acids is 1. The molecule has 0 rings (SSSR count). The predicted molar refractivity (Wildman–Crippen MR) is 67.2 cm³/mol. The Morgan fingerprint density at radius 1 is 1.06 bits per heavy atom. The summed E-state index contributed by atoms with van der Waals surface area (Å²) in [5.41, 5.74) is 0.0336. The van der Waals surface area contributed by atoms with Crippen molar-refractivity contribution in [3.05, 3.63) is 0 Å². The van der Waals surface area contributed by atoms with Gasteiger partial charge in [0, 0.05) is 0 Å². The highest BCUT2D eigenvalue weighted by Gasteiger charge is 2.18. The number of carbonyl (C=O) groups is 1. The Bertz CT molecular complexity index is 255.